The molecule has 3 rings (SSSR count). The van der Waals surface area contributed by atoms with E-state index in [1.807, 2.05) is 42.6 Å². The number of carbonyl (C=O) groups excluding carboxylic acids is 3. The third-order valence-electron chi connectivity index (χ3n) is 5.39. The normalized spacial score (nSPS) is 13.0. The van der Waals surface area contributed by atoms with Gasteiger partial charge in [0.1, 0.15) is 12.1 Å². The van der Waals surface area contributed by atoms with Crippen LogP contribution < -0.4 is 10.6 Å². The standard InChI is InChI=1S/C23H29N5O4/c1-6-32-23(31)15(4)26-22(30)14(3)24-20(29)12-11-17-13(2)25-21-18-9-7-8-10-19(18)27-28(21)16(17)5/h7-10,14-15H,6,11-12H2,1-5H3,(H,24,29)(H,26,30)/t14-,15+/m1/s1. The Labute approximate surface area is 186 Å². The molecule has 0 aliphatic heterocycles. The zero-order valence-electron chi connectivity index (χ0n) is 19.1. The molecule has 0 saturated carbocycles. The Hall–Kier alpha value is -3.49. The van der Waals surface area contributed by atoms with Crippen LogP contribution in [0.5, 0.6) is 0 Å². The minimum absolute atomic E-state index is 0.195. The van der Waals surface area contributed by atoms with Crippen LogP contribution in [0, 0.1) is 13.8 Å². The molecular formula is C23H29N5O4. The number of hydrogen-bond donors (Lipinski definition) is 2. The highest BCUT2D eigenvalue weighted by Gasteiger charge is 2.22. The Balaban J connectivity index is 1.63. The van der Waals surface area contributed by atoms with Gasteiger partial charge in [0, 0.05) is 23.2 Å². The van der Waals surface area contributed by atoms with Gasteiger partial charge >= 0.3 is 5.97 Å². The average molecular weight is 440 g/mol. The number of nitrogens with zero attached hydrogens (tertiary/aromatic N) is 3. The number of esters is 1. The van der Waals surface area contributed by atoms with Crippen LogP contribution in [0.1, 0.15) is 44.1 Å². The van der Waals surface area contributed by atoms with Gasteiger partial charge in [0.05, 0.1) is 12.1 Å². The molecule has 0 fully saturated rings. The van der Waals surface area contributed by atoms with E-state index in [1.165, 1.54) is 6.92 Å². The van der Waals surface area contributed by atoms with E-state index in [2.05, 4.69) is 15.7 Å². The van der Waals surface area contributed by atoms with Crippen molar-refractivity contribution in [3.05, 3.63) is 41.2 Å². The molecule has 0 spiro atoms. The van der Waals surface area contributed by atoms with Crippen molar-refractivity contribution in [1.82, 2.24) is 25.2 Å². The summed E-state index contributed by atoms with van der Waals surface area (Å²) < 4.78 is 6.69. The molecule has 0 aliphatic carbocycles. The van der Waals surface area contributed by atoms with Gasteiger partial charge in [-0.25, -0.2) is 14.3 Å². The fourth-order valence-corrected chi connectivity index (χ4v) is 3.62. The third kappa shape index (κ3) is 4.87. The van der Waals surface area contributed by atoms with Crippen LogP contribution in [0.25, 0.3) is 16.6 Å². The Morgan fingerprint density at radius 3 is 2.53 bits per heavy atom. The summed E-state index contributed by atoms with van der Waals surface area (Å²) in [7, 11) is 0. The lowest BCUT2D eigenvalue weighted by Gasteiger charge is -2.18. The molecule has 0 bridgehead atoms. The summed E-state index contributed by atoms with van der Waals surface area (Å²) in [6, 6.07) is 6.27. The molecule has 9 nitrogen and oxygen atoms in total. The second-order valence-electron chi connectivity index (χ2n) is 7.79. The van der Waals surface area contributed by atoms with Crippen molar-refractivity contribution in [2.75, 3.05) is 6.61 Å². The molecule has 2 heterocycles. The van der Waals surface area contributed by atoms with Gasteiger partial charge in [-0.15, -0.1) is 0 Å². The smallest absolute Gasteiger partial charge is 0.328 e. The van der Waals surface area contributed by atoms with Crippen molar-refractivity contribution in [3.63, 3.8) is 0 Å². The predicted molar refractivity (Wildman–Crippen MR) is 120 cm³/mol. The van der Waals surface area contributed by atoms with Gasteiger partial charge in [0.25, 0.3) is 0 Å². The number of rotatable bonds is 8. The van der Waals surface area contributed by atoms with Crippen LogP contribution in [0.3, 0.4) is 0 Å². The number of hydrogen-bond acceptors (Lipinski definition) is 6. The van der Waals surface area contributed by atoms with E-state index in [4.69, 9.17) is 9.72 Å². The largest absolute Gasteiger partial charge is 0.464 e. The molecule has 1 aromatic carbocycles. The lowest BCUT2D eigenvalue weighted by Crippen LogP contribution is -2.49. The summed E-state index contributed by atoms with van der Waals surface area (Å²) in [5, 5.41) is 10.8. The Bertz CT molecular complexity index is 1170. The summed E-state index contributed by atoms with van der Waals surface area (Å²) in [5.74, 6) is -1.22. The number of ether oxygens (including phenoxy) is 1. The van der Waals surface area contributed by atoms with Gasteiger partial charge in [0.2, 0.25) is 11.8 Å². The third-order valence-corrected chi connectivity index (χ3v) is 5.39. The van der Waals surface area contributed by atoms with Crippen LogP contribution in [0.4, 0.5) is 0 Å². The number of aromatic nitrogens is 3. The first kappa shape index (κ1) is 23.2. The molecule has 2 aromatic heterocycles. The highest BCUT2D eigenvalue weighted by Crippen LogP contribution is 2.22. The van der Waals surface area contributed by atoms with Crippen molar-refractivity contribution in [2.24, 2.45) is 0 Å². The molecule has 2 atom stereocenters. The first-order valence-corrected chi connectivity index (χ1v) is 10.7. The minimum atomic E-state index is -0.783. The zero-order chi connectivity index (χ0) is 23.4. The summed E-state index contributed by atoms with van der Waals surface area (Å²) in [6.07, 6.45) is 0.664. The second-order valence-corrected chi connectivity index (χ2v) is 7.79. The van der Waals surface area contributed by atoms with Gasteiger partial charge in [-0.05, 0) is 58.7 Å². The van der Waals surface area contributed by atoms with E-state index in [-0.39, 0.29) is 18.9 Å². The molecule has 170 valence electrons. The van der Waals surface area contributed by atoms with E-state index in [0.29, 0.717) is 6.42 Å². The number of aryl methyl sites for hydroxylation is 2. The lowest BCUT2D eigenvalue weighted by molar-refractivity contribution is -0.147. The van der Waals surface area contributed by atoms with Crippen LogP contribution in [0.15, 0.2) is 24.3 Å². The lowest BCUT2D eigenvalue weighted by atomic mass is 10.1. The van der Waals surface area contributed by atoms with Crippen LogP contribution in [0.2, 0.25) is 0 Å². The maximum absolute atomic E-state index is 12.5. The van der Waals surface area contributed by atoms with Gasteiger partial charge in [-0.1, -0.05) is 12.1 Å². The number of amides is 2. The van der Waals surface area contributed by atoms with Gasteiger partial charge < -0.3 is 15.4 Å². The Morgan fingerprint density at radius 1 is 1.09 bits per heavy atom. The van der Waals surface area contributed by atoms with Crippen LogP contribution in [-0.2, 0) is 25.5 Å². The molecule has 32 heavy (non-hydrogen) atoms. The highest BCUT2D eigenvalue weighted by molar-refractivity contribution is 5.92. The van der Waals surface area contributed by atoms with E-state index >= 15 is 0 Å². The predicted octanol–water partition coefficient (Wildman–Crippen LogP) is 2.00. The Kier molecular flexibility index (Phi) is 7.07. The summed E-state index contributed by atoms with van der Waals surface area (Å²) in [4.78, 5) is 41.1. The van der Waals surface area contributed by atoms with Crippen molar-refractivity contribution in [3.8, 4) is 0 Å². The zero-order valence-corrected chi connectivity index (χ0v) is 19.1. The van der Waals surface area contributed by atoms with Crippen molar-refractivity contribution in [2.45, 2.75) is 59.5 Å². The summed E-state index contributed by atoms with van der Waals surface area (Å²) in [6.45, 7) is 8.94. The van der Waals surface area contributed by atoms with Crippen molar-refractivity contribution in [1.29, 1.82) is 0 Å². The van der Waals surface area contributed by atoms with E-state index in [1.54, 1.807) is 13.8 Å². The van der Waals surface area contributed by atoms with Crippen LogP contribution >= 0.6 is 0 Å². The monoisotopic (exact) mass is 439 g/mol. The van der Waals surface area contributed by atoms with Crippen molar-refractivity contribution >= 4 is 34.3 Å². The molecule has 3 aromatic rings. The Morgan fingerprint density at radius 2 is 1.81 bits per heavy atom. The molecular weight excluding hydrogens is 410 g/mol. The molecule has 2 amide bonds. The maximum atomic E-state index is 12.5. The highest BCUT2D eigenvalue weighted by atomic mass is 16.5. The van der Waals surface area contributed by atoms with Gasteiger partial charge in [-0.3, -0.25) is 9.59 Å². The van der Waals surface area contributed by atoms with Gasteiger partial charge in [-0.2, -0.15) is 5.10 Å². The molecule has 2 N–H and O–H groups in total. The summed E-state index contributed by atoms with van der Waals surface area (Å²) >= 11 is 0. The fourth-order valence-electron chi connectivity index (χ4n) is 3.62. The SMILES string of the molecule is CCOC(=O)[C@H](C)NC(=O)[C@@H](C)NC(=O)CCc1c(C)nc2c3ccccc3nn2c1C. The van der Waals surface area contributed by atoms with E-state index in [9.17, 15) is 14.4 Å². The molecule has 0 aliphatic rings. The van der Waals surface area contributed by atoms with Crippen molar-refractivity contribution < 1.29 is 19.1 Å². The molecule has 0 radical (unpaired) electrons. The van der Waals surface area contributed by atoms with E-state index < -0.39 is 24.0 Å². The number of benzene rings is 1. The molecule has 9 heteroatoms. The number of carbonyl (C=O) groups is 3. The van der Waals surface area contributed by atoms with E-state index in [0.717, 1.165) is 33.5 Å². The number of nitrogens with one attached hydrogen (secondary N) is 2. The second kappa shape index (κ2) is 9.76. The first-order valence-electron chi connectivity index (χ1n) is 10.7. The topological polar surface area (TPSA) is 115 Å². The van der Waals surface area contributed by atoms with Crippen LogP contribution in [-0.4, -0.2) is 51.1 Å². The fraction of sp³-hybridized carbons (Fsp3) is 0.435. The quantitative estimate of drug-likeness (QED) is 0.519. The molecule has 0 saturated heterocycles. The average Bonchev–Trinajstić information content (AvgIpc) is 3.12. The number of fused-ring (bicyclic) bond motifs is 3. The first-order chi connectivity index (χ1) is 15.2. The van der Waals surface area contributed by atoms with Gasteiger partial charge in [0.15, 0.2) is 5.65 Å². The summed E-state index contributed by atoms with van der Waals surface area (Å²) in [5.41, 5.74) is 4.40. The maximum Gasteiger partial charge on any atom is 0.328 e. The minimum Gasteiger partial charge on any atom is -0.464 e. The molecule has 0 unspecified atom stereocenters.